The standard InChI is InChI=1S/C26H33ClN2O6/c1-4-19-10-12-22(34-3)24(29-19)23(15-33-2)35-21-11-9-18(13-20(21)27)25(30)28-14-16-5-7-17(8-6-16)26(31)32/h9-13,16-17,23H,4-8,14-15H2,1-3H3,(H,28,30)(H,31,32). The summed E-state index contributed by atoms with van der Waals surface area (Å²) in [5, 5.41) is 12.4. The first-order chi connectivity index (χ1) is 16.9. The lowest BCUT2D eigenvalue weighted by atomic mass is 9.82. The highest BCUT2D eigenvalue weighted by atomic mass is 35.5. The fourth-order valence-electron chi connectivity index (χ4n) is 4.27. The van der Waals surface area contributed by atoms with Crippen molar-refractivity contribution in [1.82, 2.24) is 10.3 Å². The van der Waals surface area contributed by atoms with E-state index in [4.69, 9.17) is 30.9 Å². The van der Waals surface area contributed by atoms with Crippen LogP contribution in [-0.2, 0) is 16.0 Å². The van der Waals surface area contributed by atoms with Gasteiger partial charge in [0.1, 0.15) is 17.2 Å². The van der Waals surface area contributed by atoms with Crippen molar-refractivity contribution in [3.05, 3.63) is 52.3 Å². The van der Waals surface area contributed by atoms with Crippen molar-refractivity contribution in [3.8, 4) is 11.5 Å². The summed E-state index contributed by atoms with van der Waals surface area (Å²) < 4.78 is 17.0. The summed E-state index contributed by atoms with van der Waals surface area (Å²) in [7, 11) is 3.16. The van der Waals surface area contributed by atoms with Gasteiger partial charge in [-0.05, 0) is 68.4 Å². The largest absolute Gasteiger partial charge is 0.495 e. The Labute approximate surface area is 210 Å². The molecule has 0 bridgehead atoms. The SMILES string of the molecule is CCc1ccc(OC)c(C(COC)Oc2ccc(C(=O)NCC3CCC(C(=O)O)CC3)cc2Cl)n1. The Kier molecular flexibility index (Phi) is 9.74. The number of benzene rings is 1. The van der Waals surface area contributed by atoms with E-state index < -0.39 is 12.1 Å². The maximum Gasteiger partial charge on any atom is 0.306 e. The number of ether oxygens (including phenoxy) is 3. The summed E-state index contributed by atoms with van der Waals surface area (Å²) in [5.74, 6) is 0.0473. The normalized spacial score (nSPS) is 18.5. The number of carbonyl (C=O) groups is 2. The van der Waals surface area contributed by atoms with Crippen LogP contribution in [0.15, 0.2) is 30.3 Å². The molecule has 1 amide bonds. The number of carbonyl (C=O) groups excluding carboxylic acids is 1. The van der Waals surface area contributed by atoms with E-state index in [1.165, 1.54) is 0 Å². The van der Waals surface area contributed by atoms with Crippen LogP contribution >= 0.6 is 11.6 Å². The zero-order chi connectivity index (χ0) is 25.4. The fourth-order valence-corrected chi connectivity index (χ4v) is 4.49. The average molecular weight is 505 g/mol. The first-order valence-corrected chi connectivity index (χ1v) is 12.2. The van der Waals surface area contributed by atoms with Gasteiger partial charge < -0.3 is 24.6 Å². The van der Waals surface area contributed by atoms with E-state index in [1.54, 1.807) is 32.4 Å². The molecule has 1 aromatic heterocycles. The molecule has 1 heterocycles. The molecular formula is C26H33ClN2O6. The van der Waals surface area contributed by atoms with Gasteiger partial charge in [0.2, 0.25) is 0 Å². The molecule has 1 fully saturated rings. The van der Waals surface area contributed by atoms with Crippen molar-refractivity contribution in [2.75, 3.05) is 27.4 Å². The molecule has 1 aliphatic rings. The van der Waals surface area contributed by atoms with E-state index in [9.17, 15) is 9.59 Å². The van der Waals surface area contributed by atoms with Gasteiger partial charge in [-0.25, -0.2) is 4.98 Å². The lowest BCUT2D eigenvalue weighted by Crippen LogP contribution is -2.32. The third-order valence-electron chi connectivity index (χ3n) is 6.36. The summed E-state index contributed by atoms with van der Waals surface area (Å²) in [5.41, 5.74) is 1.94. The van der Waals surface area contributed by atoms with Crippen LogP contribution in [0.5, 0.6) is 11.5 Å². The fraction of sp³-hybridized carbons (Fsp3) is 0.500. The molecule has 0 radical (unpaired) electrons. The summed E-state index contributed by atoms with van der Waals surface area (Å²) in [6, 6.07) is 8.66. The number of aliphatic carboxylic acids is 1. The van der Waals surface area contributed by atoms with Gasteiger partial charge in [-0.3, -0.25) is 9.59 Å². The van der Waals surface area contributed by atoms with Gasteiger partial charge in [-0.2, -0.15) is 0 Å². The second kappa shape index (κ2) is 12.7. The van der Waals surface area contributed by atoms with E-state index >= 15 is 0 Å². The van der Waals surface area contributed by atoms with Crippen LogP contribution in [0.1, 0.15) is 60.5 Å². The van der Waals surface area contributed by atoms with Crippen molar-refractivity contribution in [2.24, 2.45) is 11.8 Å². The number of methoxy groups -OCH3 is 2. The summed E-state index contributed by atoms with van der Waals surface area (Å²) in [6.07, 6.45) is 3.10. The van der Waals surface area contributed by atoms with Crippen LogP contribution in [0.2, 0.25) is 5.02 Å². The third kappa shape index (κ3) is 7.08. The Bertz CT molecular complexity index is 1020. The van der Waals surface area contributed by atoms with Gasteiger partial charge in [-0.1, -0.05) is 18.5 Å². The molecule has 190 valence electrons. The highest BCUT2D eigenvalue weighted by Gasteiger charge is 2.26. The second-order valence-electron chi connectivity index (χ2n) is 8.72. The Morgan fingerprint density at radius 1 is 1.14 bits per heavy atom. The van der Waals surface area contributed by atoms with E-state index in [0.717, 1.165) is 25.0 Å². The van der Waals surface area contributed by atoms with Crippen LogP contribution in [0.3, 0.4) is 0 Å². The molecule has 8 nitrogen and oxygen atoms in total. The Morgan fingerprint density at radius 2 is 1.86 bits per heavy atom. The molecule has 2 N–H and O–H groups in total. The van der Waals surface area contributed by atoms with E-state index in [1.807, 2.05) is 19.1 Å². The van der Waals surface area contributed by atoms with Gasteiger partial charge in [0.05, 0.1) is 24.7 Å². The molecule has 1 saturated carbocycles. The van der Waals surface area contributed by atoms with Crippen LogP contribution in [0.25, 0.3) is 0 Å². The number of halogens is 1. The average Bonchev–Trinajstić information content (AvgIpc) is 2.87. The number of aryl methyl sites for hydroxylation is 1. The monoisotopic (exact) mass is 504 g/mol. The number of nitrogens with one attached hydrogen (secondary N) is 1. The predicted octanol–water partition coefficient (Wildman–Crippen LogP) is 4.69. The molecule has 0 aliphatic heterocycles. The Hall–Kier alpha value is -2.84. The van der Waals surface area contributed by atoms with E-state index in [-0.39, 0.29) is 24.3 Å². The number of rotatable bonds is 11. The van der Waals surface area contributed by atoms with Crippen molar-refractivity contribution in [1.29, 1.82) is 0 Å². The molecule has 2 aromatic rings. The smallest absolute Gasteiger partial charge is 0.306 e. The first-order valence-electron chi connectivity index (χ1n) is 11.9. The number of nitrogens with zero attached hydrogens (tertiary/aromatic N) is 1. The summed E-state index contributed by atoms with van der Waals surface area (Å²) in [4.78, 5) is 28.4. The minimum atomic E-state index is -0.732. The molecule has 0 spiro atoms. The minimum absolute atomic E-state index is 0.230. The van der Waals surface area contributed by atoms with Crippen molar-refractivity contribution in [3.63, 3.8) is 0 Å². The highest BCUT2D eigenvalue weighted by molar-refractivity contribution is 6.32. The molecule has 35 heavy (non-hydrogen) atoms. The van der Waals surface area contributed by atoms with Gasteiger partial charge in [-0.15, -0.1) is 0 Å². The Morgan fingerprint density at radius 3 is 2.46 bits per heavy atom. The van der Waals surface area contributed by atoms with Crippen LogP contribution in [0, 0.1) is 11.8 Å². The van der Waals surface area contributed by atoms with Crippen molar-refractivity contribution >= 4 is 23.5 Å². The van der Waals surface area contributed by atoms with Gasteiger partial charge >= 0.3 is 5.97 Å². The second-order valence-corrected chi connectivity index (χ2v) is 9.12. The zero-order valence-corrected chi connectivity index (χ0v) is 21.1. The number of aromatic nitrogens is 1. The number of carboxylic acids is 1. The number of hydrogen-bond acceptors (Lipinski definition) is 6. The predicted molar refractivity (Wildman–Crippen MR) is 132 cm³/mol. The van der Waals surface area contributed by atoms with E-state index in [2.05, 4.69) is 10.3 Å². The third-order valence-corrected chi connectivity index (χ3v) is 6.65. The highest BCUT2D eigenvalue weighted by Crippen LogP contribution is 2.33. The molecule has 1 unspecified atom stereocenters. The molecule has 9 heteroatoms. The van der Waals surface area contributed by atoms with Gasteiger partial charge in [0.15, 0.2) is 6.10 Å². The maximum absolute atomic E-state index is 12.7. The van der Waals surface area contributed by atoms with Crippen molar-refractivity contribution in [2.45, 2.75) is 45.1 Å². The van der Waals surface area contributed by atoms with Crippen molar-refractivity contribution < 1.29 is 28.9 Å². The quantitative estimate of drug-likeness (QED) is 0.457. The number of amides is 1. The molecular weight excluding hydrogens is 472 g/mol. The zero-order valence-electron chi connectivity index (χ0n) is 20.4. The Balaban J connectivity index is 1.65. The lowest BCUT2D eigenvalue weighted by molar-refractivity contribution is -0.143. The van der Waals surface area contributed by atoms with E-state index in [0.29, 0.717) is 47.2 Å². The summed E-state index contributed by atoms with van der Waals surface area (Å²) in [6.45, 7) is 2.77. The van der Waals surface area contributed by atoms with Crippen LogP contribution in [0.4, 0.5) is 0 Å². The van der Waals surface area contributed by atoms with Gasteiger partial charge in [0, 0.05) is 24.9 Å². The topological polar surface area (TPSA) is 107 Å². The number of carboxylic acid groups (broad SMARTS) is 1. The molecule has 1 aliphatic carbocycles. The van der Waals surface area contributed by atoms with Gasteiger partial charge in [0.25, 0.3) is 5.91 Å². The van der Waals surface area contributed by atoms with Crippen LogP contribution in [-0.4, -0.2) is 49.3 Å². The molecule has 1 atom stereocenters. The minimum Gasteiger partial charge on any atom is -0.495 e. The van der Waals surface area contributed by atoms with Crippen LogP contribution < -0.4 is 14.8 Å². The maximum atomic E-state index is 12.7. The lowest BCUT2D eigenvalue weighted by Gasteiger charge is -2.26. The number of hydrogen-bond donors (Lipinski definition) is 2. The summed E-state index contributed by atoms with van der Waals surface area (Å²) >= 11 is 6.48. The molecule has 0 saturated heterocycles. The molecule has 3 rings (SSSR count). The number of pyridine rings is 1. The molecule has 1 aromatic carbocycles. The first kappa shape index (κ1) is 26.8.